The maximum absolute atomic E-state index is 11.9. The van der Waals surface area contributed by atoms with Gasteiger partial charge in [0, 0.05) is 0 Å². The fourth-order valence-corrected chi connectivity index (χ4v) is 3.47. The first-order valence-electron chi connectivity index (χ1n) is 4.59. The summed E-state index contributed by atoms with van der Waals surface area (Å²) < 4.78 is 41.7. The molecular weight excluding hydrogens is 316 g/mol. The number of halogens is 3. The van der Waals surface area contributed by atoms with Crippen LogP contribution < -0.4 is 4.74 Å². The van der Waals surface area contributed by atoms with Crippen LogP contribution in [0.2, 0.25) is 0 Å². The van der Waals surface area contributed by atoms with E-state index in [0.717, 1.165) is 13.8 Å². The molecule has 1 aromatic carbocycles. The molecule has 1 nitrogen and oxygen atoms in total. The second-order valence-corrected chi connectivity index (χ2v) is 6.65. The van der Waals surface area contributed by atoms with Crippen molar-refractivity contribution in [1.29, 1.82) is 0 Å². The van der Waals surface area contributed by atoms with Crippen LogP contribution in [0.25, 0.3) is 10.0 Å². The minimum absolute atomic E-state index is 0.148. The third-order valence-corrected chi connectivity index (χ3v) is 4.55. The van der Waals surface area contributed by atoms with E-state index in [0.29, 0.717) is 0 Å². The first-order chi connectivity index (χ1) is 7.94. The van der Waals surface area contributed by atoms with E-state index in [1.165, 1.54) is 12.1 Å². The number of hydrogen-bond donors (Lipinski definition) is 1. The van der Waals surface area contributed by atoms with Crippen LogP contribution in [0.5, 0.6) is 5.75 Å². The van der Waals surface area contributed by atoms with Gasteiger partial charge in [-0.3, -0.25) is 0 Å². The quantitative estimate of drug-likeness (QED) is 0.656. The van der Waals surface area contributed by atoms with Crippen molar-refractivity contribution in [2.75, 3.05) is 0 Å². The summed E-state index contributed by atoms with van der Waals surface area (Å²) in [5.74, 6) is -0.202. The number of ether oxygens (including phenoxy) is 1. The Kier molecular flexibility index (Phi) is 3.56. The Hall–Kier alpha value is -0.841. The summed E-state index contributed by atoms with van der Waals surface area (Å²) in [6, 6.07) is 9.71. The number of rotatable bonds is 2. The van der Waals surface area contributed by atoms with E-state index in [1.807, 2.05) is 12.1 Å². The summed E-state index contributed by atoms with van der Waals surface area (Å²) in [4.78, 5) is 0. The Morgan fingerprint density at radius 2 is 1.65 bits per heavy atom. The Morgan fingerprint density at radius 1 is 1.00 bits per heavy atom. The number of thiol groups is 1. The van der Waals surface area contributed by atoms with Crippen molar-refractivity contribution in [1.82, 2.24) is 0 Å². The normalized spacial score (nSPS) is 11.5. The standard InChI is InChI=1S/C11H7F3OSSe/c12-11(13,14)15-8-3-1-7(2-4-8)9-5-6-10(16)17-9/h1-6,16H. The molecule has 0 unspecified atom stereocenters. The monoisotopic (exact) mass is 324 g/mol. The Balaban J connectivity index is 2.19. The van der Waals surface area contributed by atoms with E-state index < -0.39 is 6.36 Å². The first-order valence-corrected chi connectivity index (χ1v) is 6.75. The average molecular weight is 323 g/mol. The number of benzene rings is 1. The van der Waals surface area contributed by atoms with Gasteiger partial charge < -0.3 is 0 Å². The van der Waals surface area contributed by atoms with Gasteiger partial charge in [-0.1, -0.05) is 0 Å². The van der Waals surface area contributed by atoms with Gasteiger partial charge in [0.05, 0.1) is 0 Å². The van der Waals surface area contributed by atoms with Crippen LogP contribution in [0, 0.1) is 0 Å². The molecule has 90 valence electrons. The van der Waals surface area contributed by atoms with Crippen LogP contribution in [0.15, 0.2) is 40.2 Å². The van der Waals surface area contributed by atoms with E-state index in [1.54, 1.807) is 12.1 Å². The van der Waals surface area contributed by atoms with Crippen molar-refractivity contribution in [2.24, 2.45) is 0 Å². The number of alkyl halides is 3. The second-order valence-electron chi connectivity index (χ2n) is 3.21. The van der Waals surface area contributed by atoms with Crippen LogP contribution >= 0.6 is 12.6 Å². The summed E-state index contributed by atoms with van der Waals surface area (Å²) in [5, 5.41) is 0. The fourth-order valence-electron chi connectivity index (χ4n) is 1.30. The molecule has 2 aromatic rings. The zero-order valence-electron chi connectivity index (χ0n) is 8.36. The van der Waals surface area contributed by atoms with E-state index in [2.05, 4.69) is 17.4 Å². The molecule has 0 spiro atoms. The van der Waals surface area contributed by atoms with E-state index in [4.69, 9.17) is 0 Å². The molecule has 1 aromatic heterocycles. The molecule has 0 fully saturated rings. The topological polar surface area (TPSA) is 9.23 Å². The van der Waals surface area contributed by atoms with Crippen molar-refractivity contribution < 1.29 is 17.9 Å². The van der Waals surface area contributed by atoms with E-state index in [-0.39, 0.29) is 20.3 Å². The van der Waals surface area contributed by atoms with Gasteiger partial charge in [0.25, 0.3) is 0 Å². The molecule has 0 bridgehead atoms. The van der Waals surface area contributed by atoms with Crippen molar-refractivity contribution in [2.45, 2.75) is 10.1 Å². The average Bonchev–Trinajstić information content (AvgIpc) is 2.63. The zero-order chi connectivity index (χ0) is 12.5. The molecule has 17 heavy (non-hydrogen) atoms. The van der Waals surface area contributed by atoms with E-state index >= 15 is 0 Å². The van der Waals surface area contributed by atoms with Gasteiger partial charge in [-0.05, 0) is 0 Å². The van der Waals surface area contributed by atoms with E-state index in [9.17, 15) is 13.2 Å². The molecule has 0 N–H and O–H groups in total. The van der Waals surface area contributed by atoms with Gasteiger partial charge in [-0.2, -0.15) is 0 Å². The first kappa shape index (κ1) is 12.6. The van der Waals surface area contributed by atoms with Gasteiger partial charge in [0.2, 0.25) is 0 Å². The van der Waals surface area contributed by atoms with Crippen molar-refractivity contribution >= 4 is 27.1 Å². The third kappa shape index (κ3) is 3.56. The molecule has 0 saturated heterocycles. The Morgan fingerprint density at radius 3 is 2.12 bits per heavy atom. The van der Waals surface area contributed by atoms with Crippen LogP contribution in [0.3, 0.4) is 0 Å². The summed E-state index contributed by atoms with van der Waals surface area (Å²) in [7, 11) is 0. The fraction of sp³-hybridized carbons (Fsp3) is 0.0909. The van der Waals surface area contributed by atoms with Gasteiger partial charge in [0.1, 0.15) is 0 Å². The molecule has 0 aliphatic heterocycles. The molecule has 0 saturated carbocycles. The van der Waals surface area contributed by atoms with Crippen LogP contribution in [0.4, 0.5) is 13.2 Å². The number of hydrogen-bond acceptors (Lipinski definition) is 2. The third-order valence-electron chi connectivity index (χ3n) is 1.96. The van der Waals surface area contributed by atoms with Crippen molar-refractivity contribution in [3.8, 4) is 15.8 Å². The predicted octanol–water partition coefficient (Wildman–Crippen LogP) is 3.60. The van der Waals surface area contributed by atoms with Crippen LogP contribution in [0.1, 0.15) is 0 Å². The molecule has 2 rings (SSSR count). The zero-order valence-corrected chi connectivity index (χ0v) is 11.0. The van der Waals surface area contributed by atoms with Gasteiger partial charge in [0.15, 0.2) is 0 Å². The van der Waals surface area contributed by atoms with Crippen molar-refractivity contribution in [3.63, 3.8) is 0 Å². The molecule has 0 atom stereocenters. The molecule has 0 amide bonds. The molecule has 6 heteroatoms. The van der Waals surface area contributed by atoms with Crippen molar-refractivity contribution in [3.05, 3.63) is 36.4 Å². The molecule has 0 aliphatic carbocycles. The summed E-state index contributed by atoms with van der Waals surface area (Å²) in [5.41, 5.74) is 0.903. The SMILES string of the molecule is FC(F)(F)Oc1ccc(-c2ccc(S)[se]2)cc1. The van der Waals surface area contributed by atoms with Crippen LogP contribution in [-0.2, 0) is 0 Å². The van der Waals surface area contributed by atoms with Gasteiger partial charge >= 0.3 is 107 Å². The molecule has 1 heterocycles. The Labute approximate surface area is 107 Å². The molecule has 0 radical (unpaired) electrons. The van der Waals surface area contributed by atoms with Gasteiger partial charge in [-0.15, -0.1) is 0 Å². The second kappa shape index (κ2) is 4.80. The molecule has 0 aliphatic rings. The van der Waals surface area contributed by atoms with Gasteiger partial charge in [-0.25, -0.2) is 0 Å². The summed E-state index contributed by atoms with van der Waals surface area (Å²) in [6.07, 6.45) is -4.64. The Bertz CT molecular complexity index is 504. The van der Waals surface area contributed by atoms with Crippen LogP contribution in [-0.4, -0.2) is 20.9 Å². The molecular formula is C11H7F3OSSe. The summed E-state index contributed by atoms with van der Waals surface area (Å²) in [6.45, 7) is 0. The predicted molar refractivity (Wildman–Crippen MR) is 62.8 cm³/mol. The minimum atomic E-state index is -4.64. The summed E-state index contributed by atoms with van der Waals surface area (Å²) >= 11 is 4.39. The maximum atomic E-state index is 11.9.